The lowest BCUT2D eigenvalue weighted by Gasteiger charge is -2.11. The molecule has 0 unspecified atom stereocenters. The molecule has 0 spiro atoms. The molecule has 0 aliphatic rings. The van der Waals surface area contributed by atoms with Crippen LogP contribution in [0.4, 0.5) is 0 Å². The van der Waals surface area contributed by atoms with E-state index in [0.717, 1.165) is 5.56 Å². The summed E-state index contributed by atoms with van der Waals surface area (Å²) in [6.07, 6.45) is 0. The molecule has 0 N–H and O–H groups in total. The van der Waals surface area contributed by atoms with Crippen LogP contribution >= 0.6 is 11.6 Å². The third-order valence-electron chi connectivity index (χ3n) is 3.85. The van der Waals surface area contributed by atoms with Crippen molar-refractivity contribution in [1.29, 1.82) is 5.26 Å². The standard InChI is InChI=1S/C21H15ClN2O3/c1-26-21(25)18-9-15(12-23)7-8-17(18)19-10-16(11-20(22)24-19)27-13-14-5-3-2-4-6-14/h2-11H,13H2,1H3. The number of carbonyl (C=O) groups excluding carboxylic acids is 1. The van der Waals surface area contributed by atoms with Gasteiger partial charge in [-0.15, -0.1) is 0 Å². The molecule has 0 atom stereocenters. The molecule has 0 saturated heterocycles. The molecule has 0 fully saturated rings. The van der Waals surface area contributed by atoms with Gasteiger partial charge in [-0.3, -0.25) is 0 Å². The van der Waals surface area contributed by atoms with Crippen molar-refractivity contribution in [2.75, 3.05) is 7.11 Å². The third-order valence-corrected chi connectivity index (χ3v) is 4.04. The van der Waals surface area contributed by atoms with E-state index in [2.05, 4.69) is 4.98 Å². The highest BCUT2D eigenvalue weighted by Crippen LogP contribution is 2.29. The molecule has 0 saturated carbocycles. The van der Waals surface area contributed by atoms with E-state index in [-0.39, 0.29) is 10.7 Å². The fourth-order valence-electron chi connectivity index (χ4n) is 2.55. The SMILES string of the molecule is COC(=O)c1cc(C#N)ccc1-c1cc(OCc2ccccc2)cc(Cl)n1. The minimum absolute atomic E-state index is 0.232. The van der Waals surface area contributed by atoms with Crippen molar-refractivity contribution in [3.8, 4) is 23.1 Å². The van der Waals surface area contributed by atoms with Crippen LogP contribution in [0, 0.1) is 11.3 Å². The van der Waals surface area contributed by atoms with Crippen molar-refractivity contribution in [2.45, 2.75) is 6.61 Å². The zero-order chi connectivity index (χ0) is 19.2. The Hall–Kier alpha value is -3.36. The van der Waals surface area contributed by atoms with Crippen LogP contribution < -0.4 is 4.74 Å². The van der Waals surface area contributed by atoms with E-state index >= 15 is 0 Å². The van der Waals surface area contributed by atoms with Gasteiger partial charge in [0.1, 0.15) is 17.5 Å². The van der Waals surface area contributed by atoms with Gasteiger partial charge in [0, 0.05) is 17.7 Å². The lowest BCUT2D eigenvalue weighted by atomic mass is 10.0. The summed E-state index contributed by atoms with van der Waals surface area (Å²) in [5.74, 6) is -0.0374. The lowest BCUT2D eigenvalue weighted by molar-refractivity contribution is 0.0601. The fraction of sp³-hybridized carbons (Fsp3) is 0.0952. The number of hydrogen-bond donors (Lipinski definition) is 0. The van der Waals surface area contributed by atoms with Gasteiger partial charge in [0.15, 0.2) is 0 Å². The molecule has 134 valence electrons. The predicted octanol–water partition coefficient (Wildman–Crippen LogP) is 4.64. The molecule has 27 heavy (non-hydrogen) atoms. The number of methoxy groups -OCH3 is 1. The molecule has 0 amide bonds. The van der Waals surface area contributed by atoms with Crippen LogP contribution in [0.5, 0.6) is 5.75 Å². The van der Waals surface area contributed by atoms with Crippen LogP contribution in [0.2, 0.25) is 5.15 Å². The predicted molar refractivity (Wildman–Crippen MR) is 102 cm³/mol. The quantitative estimate of drug-likeness (QED) is 0.477. The Labute approximate surface area is 161 Å². The molecule has 2 aromatic carbocycles. The second kappa shape index (κ2) is 8.35. The molecule has 1 aromatic heterocycles. The normalized spacial score (nSPS) is 10.1. The van der Waals surface area contributed by atoms with Crippen molar-refractivity contribution in [2.24, 2.45) is 0 Å². The molecule has 0 aliphatic carbocycles. The zero-order valence-corrected chi connectivity index (χ0v) is 15.2. The summed E-state index contributed by atoms with van der Waals surface area (Å²) in [7, 11) is 1.28. The minimum atomic E-state index is -0.560. The molecular weight excluding hydrogens is 364 g/mol. The van der Waals surface area contributed by atoms with Crippen molar-refractivity contribution < 1.29 is 14.3 Å². The Morgan fingerprint density at radius 2 is 1.93 bits per heavy atom. The first-order valence-corrected chi connectivity index (χ1v) is 8.45. The van der Waals surface area contributed by atoms with Gasteiger partial charge >= 0.3 is 5.97 Å². The Balaban J connectivity index is 1.96. The second-order valence-corrected chi connectivity index (χ2v) is 6.04. The van der Waals surface area contributed by atoms with Gasteiger partial charge in [0.2, 0.25) is 0 Å². The largest absolute Gasteiger partial charge is 0.489 e. The molecule has 5 nitrogen and oxygen atoms in total. The number of nitriles is 1. The van der Waals surface area contributed by atoms with Crippen LogP contribution in [0.25, 0.3) is 11.3 Å². The van der Waals surface area contributed by atoms with E-state index < -0.39 is 5.97 Å². The maximum atomic E-state index is 12.1. The summed E-state index contributed by atoms with van der Waals surface area (Å²) in [5, 5.41) is 9.32. The van der Waals surface area contributed by atoms with E-state index in [4.69, 9.17) is 26.3 Å². The van der Waals surface area contributed by atoms with E-state index in [0.29, 0.717) is 29.2 Å². The molecule has 3 aromatic rings. The number of benzene rings is 2. The first kappa shape index (κ1) is 18.4. The highest BCUT2D eigenvalue weighted by molar-refractivity contribution is 6.29. The van der Waals surface area contributed by atoms with Crippen LogP contribution in [0.3, 0.4) is 0 Å². The van der Waals surface area contributed by atoms with Crippen molar-refractivity contribution in [1.82, 2.24) is 4.98 Å². The average Bonchev–Trinajstić information content (AvgIpc) is 2.71. The van der Waals surface area contributed by atoms with E-state index in [1.807, 2.05) is 36.4 Å². The van der Waals surface area contributed by atoms with Crippen LogP contribution in [0.15, 0.2) is 60.7 Å². The molecule has 0 radical (unpaired) electrons. The maximum Gasteiger partial charge on any atom is 0.338 e. The van der Waals surface area contributed by atoms with Crippen molar-refractivity contribution >= 4 is 17.6 Å². The van der Waals surface area contributed by atoms with Gasteiger partial charge < -0.3 is 9.47 Å². The summed E-state index contributed by atoms with van der Waals surface area (Å²) in [6, 6.07) is 19.7. The van der Waals surface area contributed by atoms with Crippen LogP contribution in [0.1, 0.15) is 21.5 Å². The van der Waals surface area contributed by atoms with Gasteiger partial charge in [0.25, 0.3) is 0 Å². The topological polar surface area (TPSA) is 72.2 Å². The number of nitrogens with zero attached hydrogens (tertiary/aromatic N) is 2. The maximum absolute atomic E-state index is 12.1. The number of pyridine rings is 1. The van der Waals surface area contributed by atoms with Gasteiger partial charge in [-0.2, -0.15) is 5.26 Å². The average molecular weight is 379 g/mol. The number of hydrogen-bond acceptors (Lipinski definition) is 5. The second-order valence-electron chi connectivity index (χ2n) is 5.65. The van der Waals surface area contributed by atoms with Gasteiger partial charge in [-0.25, -0.2) is 9.78 Å². The summed E-state index contributed by atoms with van der Waals surface area (Å²) in [5.41, 5.74) is 2.56. The van der Waals surface area contributed by atoms with Crippen LogP contribution in [-0.4, -0.2) is 18.1 Å². The number of halogens is 1. The smallest absolute Gasteiger partial charge is 0.338 e. The molecule has 0 aliphatic heterocycles. The first-order valence-electron chi connectivity index (χ1n) is 8.08. The summed E-state index contributed by atoms with van der Waals surface area (Å²) < 4.78 is 10.6. The van der Waals surface area contributed by atoms with Gasteiger partial charge in [-0.05, 0) is 17.7 Å². The molecule has 0 bridgehead atoms. The minimum Gasteiger partial charge on any atom is -0.489 e. The number of carbonyl (C=O) groups is 1. The highest BCUT2D eigenvalue weighted by Gasteiger charge is 2.16. The molecule has 3 rings (SSSR count). The Bertz CT molecular complexity index is 1010. The number of esters is 1. The molecule has 6 heteroatoms. The number of rotatable bonds is 5. The highest BCUT2D eigenvalue weighted by atomic mass is 35.5. The van der Waals surface area contributed by atoms with Crippen molar-refractivity contribution in [3.05, 3.63) is 82.5 Å². The van der Waals surface area contributed by atoms with E-state index in [1.54, 1.807) is 24.3 Å². The summed E-state index contributed by atoms with van der Waals surface area (Å²) in [4.78, 5) is 16.4. The first-order chi connectivity index (χ1) is 13.1. The van der Waals surface area contributed by atoms with E-state index in [1.165, 1.54) is 13.2 Å². The summed E-state index contributed by atoms with van der Waals surface area (Å²) in [6.45, 7) is 0.373. The number of ether oxygens (including phenoxy) is 2. The molecular formula is C21H15ClN2O3. The Morgan fingerprint density at radius 1 is 1.15 bits per heavy atom. The Kier molecular flexibility index (Phi) is 5.70. The lowest BCUT2D eigenvalue weighted by Crippen LogP contribution is -2.05. The molecule has 1 heterocycles. The summed E-state index contributed by atoms with van der Waals surface area (Å²) >= 11 is 6.15. The number of aromatic nitrogens is 1. The fourth-order valence-corrected chi connectivity index (χ4v) is 2.75. The van der Waals surface area contributed by atoms with E-state index in [9.17, 15) is 4.79 Å². The Morgan fingerprint density at radius 3 is 2.63 bits per heavy atom. The third kappa shape index (κ3) is 4.43. The zero-order valence-electron chi connectivity index (χ0n) is 14.5. The van der Waals surface area contributed by atoms with Gasteiger partial charge in [-0.1, -0.05) is 48.0 Å². The monoisotopic (exact) mass is 378 g/mol. The van der Waals surface area contributed by atoms with Gasteiger partial charge in [0.05, 0.1) is 30.0 Å². The van der Waals surface area contributed by atoms with Crippen LogP contribution in [-0.2, 0) is 11.3 Å². The van der Waals surface area contributed by atoms with Crippen molar-refractivity contribution in [3.63, 3.8) is 0 Å².